The molecule has 0 radical (unpaired) electrons. The molecule has 2 saturated heterocycles. The molecule has 0 saturated carbocycles. The molecule has 10 nitrogen and oxygen atoms in total. The molecule has 2 atom stereocenters. The van der Waals surface area contributed by atoms with E-state index >= 15 is 0 Å². The Morgan fingerprint density at radius 3 is 2.33 bits per heavy atom. The molecular weight excluding hydrogens is 665 g/mol. The molecule has 262 valence electrons. The third-order valence-electron chi connectivity index (χ3n) is 8.68. The molecule has 2 aromatic heterocycles. The zero-order valence-electron chi connectivity index (χ0n) is 25.2. The summed E-state index contributed by atoms with van der Waals surface area (Å²) in [5.74, 6) is -5.27. The Labute approximate surface area is 266 Å². The van der Waals surface area contributed by atoms with Crippen molar-refractivity contribution in [3.63, 3.8) is 0 Å². The van der Waals surface area contributed by atoms with Gasteiger partial charge >= 0.3 is 12.4 Å². The Morgan fingerprint density at radius 1 is 1.06 bits per heavy atom. The summed E-state index contributed by atoms with van der Waals surface area (Å²) in [5, 5.41) is 16.0. The molecule has 2 fully saturated rings. The number of aliphatic hydroxyl groups is 1. The number of hydrogen-bond acceptors (Lipinski definition) is 7. The first-order valence-corrected chi connectivity index (χ1v) is 14.6. The van der Waals surface area contributed by atoms with E-state index in [1.165, 1.54) is 16.9 Å². The predicted molar refractivity (Wildman–Crippen MR) is 151 cm³/mol. The molecule has 48 heavy (non-hydrogen) atoms. The Kier molecular flexibility index (Phi) is 9.09. The second-order valence-electron chi connectivity index (χ2n) is 12.0. The van der Waals surface area contributed by atoms with Crippen molar-refractivity contribution in [1.82, 2.24) is 29.7 Å². The number of halogens is 9. The van der Waals surface area contributed by atoms with Crippen LogP contribution in [0.3, 0.4) is 0 Å². The van der Waals surface area contributed by atoms with E-state index in [-0.39, 0.29) is 43.9 Å². The quantitative estimate of drug-likeness (QED) is 0.319. The van der Waals surface area contributed by atoms with Crippen molar-refractivity contribution in [3.8, 4) is 11.3 Å². The summed E-state index contributed by atoms with van der Waals surface area (Å²) in [6.07, 6.45) is -16.3. The molecule has 19 heteroatoms. The molecule has 0 aliphatic carbocycles. The van der Waals surface area contributed by atoms with Gasteiger partial charge in [-0.15, -0.1) is 0 Å². The average molecular weight is 696 g/mol. The highest BCUT2D eigenvalue weighted by molar-refractivity contribution is 5.97. The van der Waals surface area contributed by atoms with Gasteiger partial charge < -0.3 is 21.1 Å². The summed E-state index contributed by atoms with van der Waals surface area (Å²) >= 11 is 0. The number of likely N-dealkylation sites (tertiary alicyclic amines) is 2. The lowest BCUT2D eigenvalue weighted by Crippen LogP contribution is -2.59. The SMILES string of the molecule is Cc1ccc(-c2cc(CN3CCC(F)(F)CC3)c3c(N)ncnn23)cc1C(=O)N[C@@H]1CN(C(=O)CC(O)(C(F)(F)F)C(F)(F)F)C[C@@H]1F. The number of anilines is 1. The Hall–Kier alpha value is -4.13. The van der Waals surface area contributed by atoms with E-state index in [1.54, 1.807) is 25.1 Å². The van der Waals surface area contributed by atoms with E-state index in [0.717, 1.165) is 0 Å². The number of rotatable bonds is 7. The molecule has 2 aliphatic rings. The van der Waals surface area contributed by atoms with Gasteiger partial charge in [0.15, 0.2) is 5.82 Å². The Morgan fingerprint density at radius 2 is 1.71 bits per heavy atom. The van der Waals surface area contributed by atoms with Crippen LogP contribution in [0.15, 0.2) is 30.6 Å². The first kappa shape index (κ1) is 35.2. The molecule has 5 rings (SSSR count). The lowest BCUT2D eigenvalue weighted by Gasteiger charge is -2.32. The second-order valence-corrected chi connectivity index (χ2v) is 12.0. The minimum absolute atomic E-state index is 0.0322. The number of nitrogens with two attached hydrogens (primary N) is 1. The molecule has 0 bridgehead atoms. The molecule has 3 aromatic rings. The number of hydrogen-bond donors (Lipinski definition) is 3. The maximum atomic E-state index is 14.9. The number of fused-ring (bicyclic) bond motifs is 1. The summed E-state index contributed by atoms with van der Waals surface area (Å²) in [6.45, 7) is 0.458. The molecule has 0 spiro atoms. The molecule has 4 N–H and O–H groups in total. The van der Waals surface area contributed by atoms with Crippen LogP contribution in [0.4, 0.5) is 45.3 Å². The maximum Gasteiger partial charge on any atom is 0.426 e. The smallest absolute Gasteiger partial charge is 0.382 e. The van der Waals surface area contributed by atoms with Gasteiger partial charge in [-0.2, -0.15) is 31.4 Å². The van der Waals surface area contributed by atoms with E-state index in [9.17, 15) is 54.2 Å². The van der Waals surface area contributed by atoms with Gasteiger partial charge in [0.1, 0.15) is 18.0 Å². The largest absolute Gasteiger partial charge is 0.426 e. The number of carbonyl (C=O) groups is 2. The lowest BCUT2D eigenvalue weighted by molar-refractivity contribution is -0.367. The van der Waals surface area contributed by atoms with Gasteiger partial charge in [0.2, 0.25) is 5.91 Å². The van der Waals surface area contributed by atoms with Crippen LogP contribution in [0.2, 0.25) is 0 Å². The van der Waals surface area contributed by atoms with Crippen LogP contribution >= 0.6 is 0 Å². The predicted octanol–water partition coefficient (Wildman–Crippen LogP) is 4.04. The van der Waals surface area contributed by atoms with Crippen molar-refractivity contribution < 1.29 is 54.2 Å². The number of nitrogens with zero attached hydrogens (tertiary/aromatic N) is 5. The van der Waals surface area contributed by atoms with Gasteiger partial charge in [-0.25, -0.2) is 22.7 Å². The minimum Gasteiger partial charge on any atom is -0.382 e. The third-order valence-corrected chi connectivity index (χ3v) is 8.68. The minimum atomic E-state index is -6.24. The Bertz CT molecular complexity index is 1690. The standard InChI is InChI=1S/C29H30F9N7O3/c1-15-2-3-16(21-9-17(23-24(39)40-14-41-45(21)23)11-43-6-4-26(31,32)5-7-43)8-18(15)25(47)42-20-13-44(12-19(20)30)22(46)10-27(48,28(33,34)35)29(36,37)38/h2-3,8-9,14,19-20,48H,4-7,10-13H2,1H3,(H,42,47)(H2,39,40,41)/t19-,20+/m0/s1. The first-order chi connectivity index (χ1) is 22.2. The van der Waals surface area contributed by atoms with Crippen molar-refractivity contribution in [1.29, 1.82) is 0 Å². The highest BCUT2D eigenvalue weighted by Crippen LogP contribution is 2.45. The van der Waals surface area contributed by atoms with Crippen molar-refractivity contribution in [2.24, 2.45) is 0 Å². The molecule has 1 aromatic carbocycles. The highest BCUT2D eigenvalue weighted by Gasteiger charge is 2.71. The van der Waals surface area contributed by atoms with Crippen LogP contribution in [0, 0.1) is 6.92 Å². The normalized spacial score (nSPS) is 20.8. The summed E-state index contributed by atoms with van der Waals surface area (Å²) < 4.78 is 122. The summed E-state index contributed by atoms with van der Waals surface area (Å²) in [5.41, 5.74) is 3.21. The molecule has 2 amide bonds. The van der Waals surface area contributed by atoms with E-state index in [1.807, 2.05) is 4.90 Å². The van der Waals surface area contributed by atoms with E-state index < -0.39 is 67.4 Å². The molecule has 2 aliphatic heterocycles. The summed E-state index contributed by atoms with van der Waals surface area (Å²) in [4.78, 5) is 31.9. The zero-order valence-corrected chi connectivity index (χ0v) is 25.2. The number of piperidine rings is 1. The van der Waals surface area contributed by atoms with Crippen LogP contribution < -0.4 is 11.1 Å². The lowest BCUT2D eigenvalue weighted by atomic mass is 9.97. The number of aromatic nitrogens is 3. The van der Waals surface area contributed by atoms with Crippen molar-refractivity contribution in [2.45, 2.75) is 68.8 Å². The van der Waals surface area contributed by atoms with Crippen LogP contribution in [0.1, 0.15) is 40.7 Å². The first-order valence-electron chi connectivity index (χ1n) is 14.6. The number of nitrogens with one attached hydrogen (secondary N) is 1. The Balaban J connectivity index is 1.35. The fourth-order valence-corrected chi connectivity index (χ4v) is 5.82. The number of aryl methyl sites for hydroxylation is 1. The van der Waals surface area contributed by atoms with Crippen molar-refractivity contribution in [2.75, 3.05) is 31.9 Å². The summed E-state index contributed by atoms with van der Waals surface area (Å²) in [7, 11) is 0. The topological polar surface area (TPSA) is 129 Å². The molecule has 4 heterocycles. The zero-order chi connectivity index (χ0) is 35.4. The van der Waals surface area contributed by atoms with E-state index in [4.69, 9.17) is 5.73 Å². The third kappa shape index (κ3) is 6.74. The number of benzene rings is 1. The van der Waals surface area contributed by atoms with Gasteiger partial charge in [-0.05, 0) is 30.2 Å². The van der Waals surface area contributed by atoms with E-state index in [2.05, 4.69) is 15.4 Å². The second kappa shape index (κ2) is 12.4. The monoisotopic (exact) mass is 695 g/mol. The highest BCUT2D eigenvalue weighted by atomic mass is 19.4. The van der Waals surface area contributed by atoms with E-state index in [0.29, 0.717) is 32.8 Å². The fourth-order valence-electron chi connectivity index (χ4n) is 5.82. The van der Waals surface area contributed by atoms with Crippen molar-refractivity contribution >= 4 is 23.1 Å². The average Bonchev–Trinajstić information content (AvgIpc) is 3.54. The van der Waals surface area contributed by atoms with Gasteiger partial charge in [0, 0.05) is 50.1 Å². The molecular formula is C29H30F9N7O3. The molecule has 0 unspecified atom stereocenters. The van der Waals surface area contributed by atoms with Gasteiger partial charge in [0.25, 0.3) is 17.4 Å². The van der Waals surface area contributed by atoms with Crippen LogP contribution in [0.25, 0.3) is 16.8 Å². The fraction of sp³-hybridized carbons (Fsp3) is 0.517. The van der Waals surface area contributed by atoms with Gasteiger partial charge in [-0.1, -0.05) is 12.1 Å². The van der Waals surface area contributed by atoms with Gasteiger partial charge in [0.05, 0.1) is 24.7 Å². The van der Waals surface area contributed by atoms with Crippen LogP contribution in [0.5, 0.6) is 0 Å². The number of carbonyl (C=O) groups excluding carboxylic acids is 2. The summed E-state index contributed by atoms with van der Waals surface area (Å²) in [6, 6.07) is 4.93. The van der Waals surface area contributed by atoms with Crippen molar-refractivity contribution in [3.05, 3.63) is 47.3 Å². The number of alkyl halides is 9. The maximum absolute atomic E-state index is 14.9. The number of amides is 2. The number of nitrogen functional groups attached to an aromatic ring is 1. The van der Waals surface area contributed by atoms with Crippen LogP contribution in [-0.2, 0) is 11.3 Å². The van der Waals surface area contributed by atoms with Gasteiger partial charge in [-0.3, -0.25) is 14.5 Å². The van der Waals surface area contributed by atoms with Crippen LogP contribution in [-0.4, -0.2) is 104 Å².